The molecule has 2 N–H and O–H groups in total. The van der Waals surface area contributed by atoms with Crippen LogP contribution in [0.4, 0.5) is 5.69 Å². The van der Waals surface area contributed by atoms with E-state index in [1.807, 2.05) is 12.1 Å². The van der Waals surface area contributed by atoms with Crippen LogP contribution in [0, 0.1) is 0 Å². The largest absolute Gasteiger partial charge is 0.357 e. The van der Waals surface area contributed by atoms with Gasteiger partial charge in [0.05, 0.1) is 6.54 Å². The molecule has 4 rings (SSSR count). The highest BCUT2D eigenvalue weighted by Gasteiger charge is 2.22. The second-order valence-corrected chi connectivity index (χ2v) is 7.16. The number of carbonyl (C=O) groups excluding carboxylic acids is 1. The standard InChI is InChI=1S/C19H17Cl2N3O/c20-12-1-4-14(5-2-12)22-19(25)11-24-8-7-16-15-6-3-13(21)9-17(15)23-18(16)10-24/h1-6,9,23H,7-8,10-11H2,(H,22,25). The fourth-order valence-electron chi connectivity index (χ4n) is 3.35. The van der Waals surface area contributed by atoms with Crippen LogP contribution in [0.15, 0.2) is 42.5 Å². The van der Waals surface area contributed by atoms with Crippen LogP contribution in [0.25, 0.3) is 10.9 Å². The third kappa shape index (κ3) is 3.52. The molecule has 6 heteroatoms. The lowest BCUT2D eigenvalue weighted by molar-refractivity contribution is -0.117. The molecule has 0 spiro atoms. The zero-order valence-electron chi connectivity index (χ0n) is 13.5. The molecule has 1 aliphatic rings. The average Bonchev–Trinajstić information content (AvgIpc) is 2.93. The highest BCUT2D eigenvalue weighted by atomic mass is 35.5. The predicted octanol–water partition coefficient (Wildman–Crippen LogP) is 4.47. The summed E-state index contributed by atoms with van der Waals surface area (Å²) in [6, 6.07) is 13.1. The van der Waals surface area contributed by atoms with Crippen LogP contribution in [0.5, 0.6) is 0 Å². The van der Waals surface area contributed by atoms with Gasteiger partial charge < -0.3 is 10.3 Å². The van der Waals surface area contributed by atoms with Gasteiger partial charge in [0, 0.05) is 45.4 Å². The van der Waals surface area contributed by atoms with Gasteiger partial charge in [0.1, 0.15) is 0 Å². The summed E-state index contributed by atoms with van der Waals surface area (Å²) >= 11 is 11.9. The lowest BCUT2D eigenvalue weighted by Gasteiger charge is -2.26. The molecule has 1 aromatic heterocycles. The minimum Gasteiger partial charge on any atom is -0.357 e. The van der Waals surface area contributed by atoms with Crippen molar-refractivity contribution in [1.29, 1.82) is 0 Å². The van der Waals surface area contributed by atoms with E-state index in [4.69, 9.17) is 23.2 Å². The van der Waals surface area contributed by atoms with Gasteiger partial charge in [0.15, 0.2) is 0 Å². The number of amides is 1. The zero-order chi connectivity index (χ0) is 17.4. The Hall–Kier alpha value is -2.01. The Morgan fingerprint density at radius 3 is 2.68 bits per heavy atom. The molecule has 1 aliphatic heterocycles. The van der Waals surface area contributed by atoms with Crippen molar-refractivity contribution in [3.8, 4) is 0 Å². The average molecular weight is 374 g/mol. The van der Waals surface area contributed by atoms with Crippen LogP contribution >= 0.6 is 23.2 Å². The van der Waals surface area contributed by atoms with Crippen molar-refractivity contribution in [3.63, 3.8) is 0 Å². The molecular formula is C19H17Cl2N3O. The van der Waals surface area contributed by atoms with Gasteiger partial charge in [0.25, 0.3) is 0 Å². The molecular weight excluding hydrogens is 357 g/mol. The maximum absolute atomic E-state index is 12.3. The Morgan fingerprint density at radius 1 is 1.12 bits per heavy atom. The number of halogens is 2. The van der Waals surface area contributed by atoms with Crippen molar-refractivity contribution in [1.82, 2.24) is 9.88 Å². The van der Waals surface area contributed by atoms with Crippen LogP contribution in [-0.4, -0.2) is 28.9 Å². The second-order valence-electron chi connectivity index (χ2n) is 6.29. The number of anilines is 1. The highest BCUT2D eigenvalue weighted by Crippen LogP contribution is 2.29. The van der Waals surface area contributed by atoms with Gasteiger partial charge in [-0.15, -0.1) is 0 Å². The summed E-state index contributed by atoms with van der Waals surface area (Å²) in [5.74, 6) is -0.0232. The highest BCUT2D eigenvalue weighted by molar-refractivity contribution is 6.31. The Kier molecular flexibility index (Phi) is 4.42. The van der Waals surface area contributed by atoms with Crippen molar-refractivity contribution < 1.29 is 4.79 Å². The van der Waals surface area contributed by atoms with E-state index in [9.17, 15) is 4.79 Å². The molecule has 0 saturated carbocycles. The van der Waals surface area contributed by atoms with Crippen LogP contribution in [-0.2, 0) is 17.8 Å². The molecule has 0 saturated heterocycles. The van der Waals surface area contributed by atoms with E-state index in [-0.39, 0.29) is 5.91 Å². The smallest absolute Gasteiger partial charge is 0.238 e. The first-order valence-electron chi connectivity index (χ1n) is 8.15. The summed E-state index contributed by atoms with van der Waals surface area (Å²) in [5, 5.41) is 5.51. The molecule has 0 fully saturated rings. The molecule has 0 bridgehead atoms. The van der Waals surface area contributed by atoms with E-state index in [2.05, 4.69) is 21.3 Å². The number of rotatable bonds is 3. The van der Waals surface area contributed by atoms with Crippen LogP contribution in [0.1, 0.15) is 11.3 Å². The van der Waals surface area contributed by atoms with Gasteiger partial charge in [-0.05, 0) is 48.4 Å². The minimum absolute atomic E-state index is 0.0232. The fraction of sp³-hybridized carbons (Fsp3) is 0.211. The SMILES string of the molecule is O=C(CN1CCc2c([nH]c3cc(Cl)ccc23)C1)Nc1ccc(Cl)cc1. The van der Waals surface area contributed by atoms with Crippen molar-refractivity contribution in [3.05, 3.63) is 63.8 Å². The zero-order valence-corrected chi connectivity index (χ0v) is 15.0. The molecule has 25 heavy (non-hydrogen) atoms. The van der Waals surface area contributed by atoms with E-state index in [0.717, 1.165) is 35.7 Å². The second kappa shape index (κ2) is 6.71. The summed E-state index contributed by atoms with van der Waals surface area (Å²) < 4.78 is 0. The van der Waals surface area contributed by atoms with E-state index in [0.29, 0.717) is 11.6 Å². The Balaban J connectivity index is 1.44. The first-order valence-corrected chi connectivity index (χ1v) is 8.91. The van der Waals surface area contributed by atoms with E-state index in [1.165, 1.54) is 16.6 Å². The summed E-state index contributed by atoms with van der Waals surface area (Å²) in [6.07, 6.45) is 0.922. The Labute approximate surface area is 155 Å². The molecule has 3 aromatic rings. The van der Waals surface area contributed by atoms with Crippen molar-refractivity contribution in [2.24, 2.45) is 0 Å². The lowest BCUT2D eigenvalue weighted by Crippen LogP contribution is -2.37. The van der Waals surface area contributed by atoms with Crippen molar-refractivity contribution in [2.75, 3.05) is 18.4 Å². The molecule has 1 amide bonds. The van der Waals surface area contributed by atoms with E-state index < -0.39 is 0 Å². The fourth-order valence-corrected chi connectivity index (χ4v) is 3.65. The third-order valence-corrected chi connectivity index (χ3v) is 5.00. The normalized spacial score (nSPS) is 14.5. The summed E-state index contributed by atoms with van der Waals surface area (Å²) in [6.45, 7) is 1.95. The number of H-pyrrole nitrogens is 1. The number of hydrogen-bond donors (Lipinski definition) is 2. The lowest BCUT2D eigenvalue weighted by atomic mass is 10.0. The minimum atomic E-state index is -0.0232. The number of hydrogen-bond acceptors (Lipinski definition) is 2. The van der Waals surface area contributed by atoms with E-state index in [1.54, 1.807) is 24.3 Å². The van der Waals surface area contributed by atoms with Gasteiger partial charge in [-0.3, -0.25) is 9.69 Å². The molecule has 0 aliphatic carbocycles. The van der Waals surface area contributed by atoms with Crippen LogP contribution in [0.3, 0.4) is 0 Å². The van der Waals surface area contributed by atoms with E-state index >= 15 is 0 Å². The number of benzene rings is 2. The molecule has 0 unspecified atom stereocenters. The molecule has 0 atom stereocenters. The summed E-state index contributed by atoms with van der Waals surface area (Å²) in [4.78, 5) is 17.9. The van der Waals surface area contributed by atoms with Gasteiger partial charge in [-0.25, -0.2) is 0 Å². The number of nitrogens with one attached hydrogen (secondary N) is 2. The van der Waals surface area contributed by atoms with Crippen LogP contribution < -0.4 is 5.32 Å². The molecule has 0 radical (unpaired) electrons. The van der Waals surface area contributed by atoms with Crippen molar-refractivity contribution >= 4 is 45.7 Å². The van der Waals surface area contributed by atoms with Gasteiger partial charge in [-0.2, -0.15) is 0 Å². The molecule has 2 aromatic carbocycles. The summed E-state index contributed by atoms with van der Waals surface area (Å²) in [5.41, 5.74) is 4.32. The maximum Gasteiger partial charge on any atom is 0.238 e. The molecule has 2 heterocycles. The third-order valence-electron chi connectivity index (χ3n) is 4.51. The molecule has 128 valence electrons. The monoisotopic (exact) mass is 373 g/mol. The Morgan fingerprint density at radius 2 is 1.88 bits per heavy atom. The number of carbonyl (C=O) groups is 1. The number of fused-ring (bicyclic) bond motifs is 3. The van der Waals surface area contributed by atoms with Crippen LogP contribution in [0.2, 0.25) is 10.0 Å². The van der Waals surface area contributed by atoms with Gasteiger partial charge in [0.2, 0.25) is 5.91 Å². The number of aromatic nitrogens is 1. The summed E-state index contributed by atoms with van der Waals surface area (Å²) in [7, 11) is 0. The first kappa shape index (κ1) is 16.5. The quantitative estimate of drug-likeness (QED) is 0.711. The van der Waals surface area contributed by atoms with Crippen molar-refractivity contribution in [2.45, 2.75) is 13.0 Å². The number of nitrogens with zero attached hydrogens (tertiary/aromatic N) is 1. The van der Waals surface area contributed by atoms with Gasteiger partial charge >= 0.3 is 0 Å². The maximum atomic E-state index is 12.3. The molecule has 4 nitrogen and oxygen atoms in total. The predicted molar refractivity (Wildman–Crippen MR) is 102 cm³/mol. The topological polar surface area (TPSA) is 48.1 Å². The number of aromatic amines is 1. The van der Waals surface area contributed by atoms with Gasteiger partial charge in [-0.1, -0.05) is 29.3 Å². The first-order chi connectivity index (χ1) is 12.1. The Bertz CT molecular complexity index is 934.